The monoisotopic (exact) mass is 322 g/mol. The van der Waals surface area contributed by atoms with Crippen LogP contribution >= 0.6 is 0 Å². The van der Waals surface area contributed by atoms with Gasteiger partial charge in [0.25, 0.3) is 5.56 Å². The molecule has 0 spiro atoms. The van der Waals surface area contributed by atoms with Crippen molar-refractivity contribution in [1.82, 2.24) is 9.88 Å². The van der Waals surface area contributed by atoms with Crippen LogP contribution < -0.4 is 5.56 Å². The van der Waals surface area contributed by atoms with Gasteiger partial charge < -0.3 is 10.1 Å². The Morgan fingerprint density at radius 1 is 1.12 bits per heavy atom. The van der Waals surface area contributed by atoms with Gasteiger partial charge in [-0.15, -0.1) is 0 Å². The number of nitrogens with one attached hydrogen (secondary N) is 1. The van der Waals surface area contributed by atoms with Crippen LogP contribution in [0.5, 0.6) is 5.75 Å². The highest BCUT2D eigenvalue weighted by Crippen LogP contribution is 2.15. The first kappa shape index (κ1) is 16.3. The van der Waals surface area contributed by atoms with Gasteiger partial charge in [0.2, 0.25) is 0 Å². The number of nitrogens with zero attached hydrogens (tertiary/aromatic N) is 1. The van der Waals surface area contributed by atoms with Crippen molar-refractivity contribution in [2.45, 2.75) is 25.9 Å². The van der Waals surface area contributed by atoms with E-state index in [1.54, 1.807) is 12.1 Å². The lowest BCUT2D eigenvalue weighted by atomic mass is 10.1. The molecule has 0 unspecified atom stereocenters. The minimum atomic E-state index is -0.0392. The number of hydrogen-bond acceptors (Lipinski definition) is 3. The van der Waals surface area contributed by atoms with E-state index in [1.807, 2.05) is 42.5 Å². The van der Waals surface area contributed by atoms with Gasteiger partial charge in [0, 0.05) is 23.7 Å². The number of hydrogen-bond donors (Lipinski definition) is 2. The van der Waals surface area contributed by atoms with E-state index in [0.29, 0.717) is 12.6 Å². The third-order valence-electron chi connectivity index (χ3n) is 4.45. The molecule has 3 aromatic rings. The second-order valence-electron chi connectivity index (χ2n) is 6.35. The standard InChI is InChI=1S/C20H22N2O2/c1-14(11-15-7-9-18(23)10-8-15)22(2)13-17-12-16-5-3-4-6-19(16)20(24)21-17/h3-10,12,14,23H,11,13H2,1-2H3,(H,21,24)/t14-/m0/s1. The largest absolute Gasteiger partial charge is 0.508 e. The molecule has 4 nitrogen and oxygen atoms in total. The predicted molar refractivity (Wildman–Crippen MR) is 97.3 cm³/mol. The van der Waals surface area contributed by atoms with Crippen LogP contribution in [0.4, 0.5) is 0 Å². The number of fused-ring (bicyclic) bond motifs is 1. The molecule has 0 radical (unpaired) electrons. The number of pyridine rings is 1. The molecule has 24 heavy (non-hydrogen) atoms. The fourth-order valence-electron chi connectivity index (χ4n) is 2.91. The smallest absolute Gasteiger partial charge is 0.256 e. The Morgan fingerprint density at radius 2 is 1.83 bits per heavy atom. The number of phenols is 1. The second kappa shape index (κ2) is 6.89. The van der Waals surface area contributed by atoms with Gasteiger partial charge in [-0.1, -0.05) is 30.3 Å². The summed E-state index contributed by atoms with van der Waals surface area (Å²) in [6.07, 6.45) is 0.884. The van der Waals surface area contributed by atoms with Crippen molar-refractivity contribution < 1.29 is 5.11 Å². The van der Waals surface area contributed by atoms with Gasteiger partial charge in [0.05, 0.1) is 0 Å². The zero-order valence-electron chi connectivity index (χ0n) is 14.0. The summed E-state index contributed by atoms with van der Waals surface area (Å²) < 4.78 is 0. The molecular weight excluding hydrogens is 300 g/mol. The lowest BCUT2D eigenvalue weighted by molar-refractivity contribution is 0.245. The van der Waals surface area contributed by atoms with Crippen LogP contribution in [-0.4, -0.2) is 28.1 Å². The quantitative estimate of drug-likeness (QED) is 0.758. The maximum atomic E-state index is 12.2. The van der Waals surface area contributed by atoms with Gasteiger partial charge in [0.1, 0.15) is 5.75 Å². The number of rotatable bonds is 5. The third-order valence-corrected chi connectivity index (χ3v) is 4.45. The molecule has 0 bridgehead atoms. The van der Waals surface area contributed by atoms with Crippen molar-refractivity contribution >= 4 is 10.8 Å². The summed E-state index contributed by atoms with van der Waals surface area (Å²) in [6.45, 7) is 2.84. The van der Waals surface area contributed by atoms with E-state index in [9.17, 15) is 9.90 Å². The van der Waals surface area contributed by atoms with E-state index in [4.69, 9.17) is 0 Å². The molecule has 2 N–H and O–H groups in total. The van der Waals surface area contributed by atoms with Gasteiger partial charge in [-0.3, -0.25) is 9.69 Å². The lowest BCUT2D eigenvalue weighted by Crippen LogP contribution is -2.31. The molecule has 4 heteroatoms. The van der Waals surface area contributed by atoms with Crippen LogP contribution in [0.2, 0.25) is 0 Å². The maximum Gasteiger partial charge on any atom is 0.256 e. The minimum absolute atomic E-state index is 0.0392. The Labute approximate surface area is 141 Å². The predicted octanol–water partition coefficient (Wildman–Crippen LogP) is 3.30. The number of aromatic hydroxyl groups is 1. The minimum Gasteiger partial charge on any atom is -0.508 e. The fourth-order valence-corrected chi connectivity index (χ4v) is 2.91. The van der Waals surface area contributed by atoms with Crippen molar-refractivity contribution in [2.24, 2.45) is 0 Å². The van der Waals surface area contributed by atoms with E-state index < -0.39 is 0 Å². The van der Waals surface area contributed by atoms with E-state index in [0.717, 1.165) is 22.9 Å². The van der Waals surface area contributed by atoms with E-state index in [1.165, 1.54) is 5.56 Å². The molecule has 0 fully saturated rings. The van der Waals surface area contributed by atoms with Crippen molar-refractivity contribution in [3.8, 4) is 5.75 Å². The van der Waals surface area contributed by atoms with Gasteiger partial charge >= 0.3 is 0 Å². The highest BCUT2D eigenvalue weighted by Gasteiger charge is 2.12. The number of benzene rings is 2. The summed E-state index contributed by atoms with van der Waals surface area (Å²) >= 11 is 0. The van der Waals surface area contributed by atoms with E-state index in [2.05, 4.69) is 23.9 Å². The highest BCUT2D eigenvalue weighted by atomic mass is 16.3. The third kappa shape index (κ3) is 3.66. The molecule has 1 aromatic heterocycles. The lowest BCUT2D eigenvalue weighted by Gasteiger charge is -2.24. The molecular formula is C20H22N2O2. The van der Waals surface area contributed by atoms with Crippen molar-refractivity contribution in [3.63, 3.8) is 0 Å². The van der Waals surface area contributed by atoms with Crippen LogP contribution in [0.3, 0.4) is 0 Å². The number of aromatic nitrogens is 1. The zero-order chi connectivity index (χ0) is 17.1. The summed E-state index contributed by atoms with van der Waals surface area (Å²) in [7, 11) is 2.05. The SMILES string of the molecule is C[C@@H](Cc1ccc(O)cc1)N(C)Cc1cc2ccccc2c(=O)[nH]1. The van der Waals surface area contributed by atoms with Crippen LogP contribution in [0, 0.1) is 0 Å². The van der Waals surface area contributed by atoms with Crippen LogP contribution in [-0.2, 0) is 13.0 Å². The van der Waals surface area contributed by atoms with Gasteiger partial charge in [-0.25, -0.2) is 0 Å². The summed E-state index contributed by atoms with van der Waals surface area (Å²) in [4.78, 5) is 17.4. The average Bonchev–Trinajstić information content (AvgIpc) is 2.57. The molecule has 0 amide bonds. The van der Waals surface area contributed by atoms with Gasteiger partial charge in [-0.2, -0.15) is 0 Å². The molecule has 0 aliphatic heterocycles. The summed E-state index contributed by atoms with van der Waals surface area (Å²) in [5.41, 5.74) is 2.06. The number of aromatic amines is 1. The molecule has 0 saturated carbocycles. The fraction of sp³-hybridized carbons (Fsp3) is 0.250. The Kier molecular flexibility index (Phi) is 4.67. The first-order valence-corrected chi connectivity index (χ1v) is 8.12. The maximum absolute atomic E-state index is 12.2. The Balaban J connectivity index is 1.73. The molecule has 0 saturated heterocycles. The Hall–Kier alpha value is -2.59. The normalized spacial score (nSPS) is 12.6. The van der Waals surface area contributed by atoms with Crippen molar-refractivity contribution in [3.05, 3.63) is 76.2 Å². The highest BCUT2D eigenvalue weighted by molar-refractivity contribution is 5.81. The molecule has 1 heterocycles. The first-order valence-electron chi connectivity index (χ1n) is 8.12. The molecule has 1 atom stereocenters. The molecule has 2 aromatic carbocycles. The van der Waals surface area contributed by atoms with Crippen molar-refractivity contribution in [1.29, 1.82) is 0 Å². The van der Waals surface area contributed by atoms with Gasteiger partial charge in [0.15, 0.2) is 0 Å². The van der Waals surface area contributed by atoms with Gasteiger partial charge in [-0.05, 0) is 55.6 Å². The number of phenolic OH excluding ortho intramolecular Hbond substituents is 1. The van der Waals surface area contributed by atoms with Crippen LogP contribution in [0.1, 0.15) is 18.2 Å². The average molecular weight is 322 g/mol. The van der Waals surface area contributed by atoms with Crippen molar-refractivity contribution in [2.75, 3.05) is 7.05 Å². The summed E-state index contributed by atoms with van der Waals surface area (Å²) in [6, 6.07) is 17.3. The number of H-pyrrole nitrogens is 1. The summed E-state index contributed by atoms with van der Waals surface area (Å²) in [5, 5.41) is 11.1. The van der Waals surface area contributed by atoms with Crippen LogP contribution in [0.15, 0.2) is 59.4 Å². The first-order chi connectivity index (χ1) is 11.5. The molecule has 0 aliphatic carbocycles. The van der Waals surface area contributed by atoms with Crippen LogP contribution in [0.25, 0.3) is 10.8 Å². The Bertz CT molecular complexity index is 884. The number of likely N-dealkylation sites (N-methyl/N-ethyl adjacent to an activating group) is 1. The van der Waals surface area contributed by atoms with E-state index >= 15 is 0 Å². The molecule has 3 rings (SSSR count). The zero-order valence-corrected chi connectivity index (χ0v) is 14.0. The second-order valence-corrected chi connectivity index (χ2v) is 6.35. The molecule has 124 valence electrons. The summed E-state index contributed by atoms with van der Waals surface area (Å²) in [5.74, 6) is 0.286. The topological polar surface area (TPSA) is 56.3 Å². The van der Waals surface area contributed by atoms with E-state index in [-0.39, 0.29) is 11.3 Å². The molecule has 0 aliphatic rings. The Morgan fingerprint density at radius 3 is 2.58 bits per heavy atom.